The predicted octanol–water partition coefficient (Wildman–Crippen LogP) is 3.99. The Morgan fingerprint density at radius 2 is 1.77 bits per heavy atom. The summed E-state index contributed by atoms with van der Waals surface area (Å²) >= 11 is 0. The molecule has 162 valence electrons. The van der Waals surface area contributed by atoms with Crippen LogP contribution in [0.15, 0.2) is 60.8 Å². The standard InChI is InChI=1S/C24H28N4O3/c1-5-27(23(30)17(2)3)16-22(29)26-24-25-21(18-11-13-20(31-4)14-12-18)15-28(24)19-9-7-6-8-10-19/h6-15,17H,5,16H2,1-4H3,(H,25,26,29). The van der Waals surface area contributed by atoms with Crippen molar-refractivity contribution in [2.24, 2.45) is 5.92 Å². The summed E-state index contributed by atoms with van der Waals surface area (Å²) in [5.74, 6) is 0.646. The molecule has 1 N–H and O–H groups in total. The first-order valence-electron chi connectivity index (χ1n) is 10.3. The molecule has 0 spiro atoms. The Kier molecular flexibility index (Phi) is 7.07. The Morgan fingerprint density at radius 1 is 1.10 bits per heavy atom. The Bertz CT molecular complexity index is 1030. The van der Waals surface area contributed by atoms with E-state index >= 15 is 0 Å². The normalized spacial score (nSPS) is 10.7. The molecule has 0 radical (unpaired) electrons. The van der Waals surface area contributed by atoms with E-state index in [1.54, 1.807) is 12.0 Å². The van der Waals surface area contributed by atoms with Gasteiger partial charge in [-0.1, -0.05) is 32.0 Å². The fourth-order valence-electron chi connectivity index (χ4n) is 3.20. The SMILES string of the molecule is CCN(CC(=O)Nc1nc(-c2ccc(OC)cc2)cn1-c1ccccc1)C(=O)C(C)C. The van der Waals surface area contributed by atoms with Crippen LogP contribution in [-0.2, 0) is 9.59 Å². The van der Waals surface area contributed by atoms with Gasteiger partial charge in [0.2, 0.25) is 17.8 Å². The molecule has 0 aliphatic carbocycles. The lowest BCUT2D eigenvalue weighted by atomic mass is 10.1. The van der Waals surface area contributed by atoms with E-state index in [9.17, 15) is 9.59 Å². The molecule has 7 nitrogen and oxygen atoms in total. The molecule has 1 heterocycles. The minimum absolute atomic E-state index is 0.0208. The number of rotatable bonds is 8. The van der Waals surface area contributed by atoms with Crippen molar-refractivity contribution in [1.82, 2.24) is 14.5 Å². The number of para-hydroxylation sites is 1. The molecule has 3 rings (SSSR count). The monoisotopic (exact) mass is 420 g/mol. The maximum Gasteiger partial charge on any atom is 0.246 e. The molecule has 7 heteroatoms. The number of hydrogen-bond donors (Lipinski definition) is 1. The molecule has 2 aromatic carbocycles. The summed E-state index contributed by atoms with van der Waals surface area (Å²) in [4.78, 5) is 31.2. The summed E-state index contributed by atoms with van der Waals surface area (Å²) in [6.07, 6.45) is 1.88. The van der Waals surface area contributed by atoms with Gasteiger partial charge >= 0.3 is 0 Å². The Morgan fingerprint density at radius 3 is 2.35 bits per heavy atom. The van der Waals surface area contributed by atoms with E-state index in [-0.39, 0.29) is 24.3 Å². The maximum atomic E-state index is 12.7. The van der Waals surface area contributed by atoms with Gasteiger partial charge in [-0.3, -0.25) is 19.5 Å². The van der Waals surface area contributed by atoms with Gasteiger partial charge in [-0.05, 0) is 43.3 Å². The number of amides is 2. The molecule has 2 amide bonds. The van der Waals surface area contributed by atoms with E-state index in [1.807, 2.05) is 86.1 Å². The second kappa shape index (κ2) is 9.93. The zero-order chi connectivity index (χ0) is 22.4. The minimum atomic E-state index is -0.292. The molecule has 1 aromatic heterocycles. The summed E-state index contributed by atoms with van der Waals surface area (Å²) in [6.45, 7) is 5.96. The molecule has 0 fully saturated rings. The molecule has 0 saturated heterocycles. The smallest absolute Gasteiger partial charge is 0.246 e. The van der Waals surface area contributed by atoms with Crippen molar-refractivity contribution in [3.63, 3.8) is 0 Å². The lowest BCUT2D eigenvalue weighted by molar-refractivity contribution is -0.137. The van der Waals surface area contributed by atoms with Gasteiger partial charge in [0.05, 0.1) is 19.3 Å². The molecule has 31 heavy (non-hydrogen) atoms. The van der Waals surface area contributed by atoms with Crippen LogP contribution >= 0.6 is 0 Å². The lowest BCUT2D eigenvalue weighted by Gasteiger charge is -2.22. The average molecular weight is 421 g/mol. The summed E-state index contributed by atoms with van der Waals surface area (Å²) in [5, 5.41) is 2.87. The van der Waals surface area contributed by atoms with Crippen LogP contribution in [0.5, 0.6) is 5.75 Å². The highest BCUT2D eigenvalue weighted by Gasteiger charge is 2.20. The maximum absolute atomic E-state index is 12.7. The molecule has 0 atom stereocenters. The second-order valence-corrected chi connectivity index (χ2v) is 7.44. The summed E-state index contributed by atoms with van der Waals surface area (Å²) < 4.78 is 7.06. The number of nitrogens with zero attached hydrogens (tertiary/aromatic N) is 3. The number of nitrogens with one attached hydrogen (secondary N) is 1. The summed E-state index contributed by atoms with van der Waals surface area (Å²) in [7, 11) is 1.62. The predicted molar refractivity (Wildman–Crippen MR) is 121 cm³/mol. The van der Waals surface area contributed by atoms with Crippen LogP contribution in [0.2, 0.25) is 0 Å². The van der Waals surface area contributed by atoms with Crippen molar-refractivity contribution in [3.05, 3.63) is 60.8 Å². The topological polar surface area (TPSA) is 76.5 Å². The largest absolute Gasteiger partial charge is 0.497 e. The highest BCUT2D eigenvalue weighted by atomic mass is 16.5. The van der Waals surface area contributed by atoms with Gasteiger partial charge in [0, 0.05) is 29.9 Å². The number of carbonyl (C=O) groups is 2. The number of benzene rings is 2. The van der Waals surface area contributed by atoms with E-state index in [0.717, 1.165) is 17.0 Å². The first-order chi connectivity index (χ1) is 14.9. The third-order valence-electron chi connectivity index (χ3n) is 4.90. The molecular weight excluding hydrogens is 392 g/mol. The molecule has 0 bridgehead atoms. The van der Waals surface area contributed by atoms with Crippen LogP contribution in [0, 0.1) is 5.92 Å². The Labute approximate surface area is 182 Å². The molecule has 0 unspecified atom stereocenters. The fourth-order valence-corrected chi connectivity index (χ4v) is 3.20. The van der Waals surface area contributed by atoms with Crippen LogP contribution in [-0.4, -0.2) is 46.5 Å². The zero-order valence-electron chi connectivity index (χ0n) is 18.3. The van der Waals surface area contributed by atoms with Crippen molar-refractivity contribution in [2.75, 3.05) is 25.5 Å². The van der Waals surface area contributed by atoms with Gasteiger partial charge in [-0.15, -0.1) is 0 Å². The molecule has 3 aromatic rings. The van der Waals surface area contributed by atoms with Crippen molar-refractivity contribution >= 4 is 17.8 Å². The van der Waals surface area contributed by atoms with Crippen molar-refractivity contribution in [1.29, 1.82) is 0 Å². The van der Waals surface area contributed by atoms with Gasteiger partial charge in [0.15, 0.2) is 0 Å². The van der Waals surface area contributed by atoms with E-state index in [4.69, 9.17) is 4.74 Å². The average Bonchev–Trinajstić information content (AvgIpc) is 3.21. The van der Waals surface area contributed by atoms with Crippen LogP contribution < -0.4 is 10.1 Å². The van der Waals surface area contributed by atoms with Gasteiger partial charge in [-0.25, -0.2) is 4.98 Å². The quantitative estimate of drug-likeness (QED) is 0.598. The Balaban J connectivity index is 1.89. The van der Waals surface area contributed by atoms with E-state index in [2.05, 4.69) is 10.3 Å². The fraction of sp³-hybridized carbons (Fsp3) is 0.292. The van der Waals surface area contributed by atoms with Crippen LogP contribution in [0.4, 0.5) is 5.95 Å². The number of imidazole rings is 1. The summed E-state index contributed by atoms with van der Waals surface area (Å²) in [6, 6.07) is 17.2. The van der Waals surface area contributed by atoms with E-state index in [1.165, 1.54) is 0 Å². The second-order valence-electron chi connectivity index (χ2n) is 7.44. The third-order valence-corrected chi connectivity index (χ3v) is 4.90. The van der Waals surface area contributed by atoms with E-state index < -0.39 is 0 Å². The Hall–Kier alpha value is -3.61. The number of likely N-dealkylation sites (N-methyl/N-ethyl adjacent to an activating group) is 1. The van der Waals surface area contributed by atoms with Crippen molar-refractivity contribution < 1.29 is 14.3 Å². The van der Waals surface area contributed by atoms with Crippen molar-refractivity contribution in [3.8, 4) is 22.7 Å². The summed E-state index contributed by atoms with van der Waals surface area (Å²) in [5.41, 5.74) is 2.49. The van der Waals surface area contributed by atoms with Crippen LogP contribution in [0.25, 0.3) is 16.9 Å². The number of ether oxygens (including phenoxy) is 1. The number of anilines is 1. The number of hydrogen-bond acceptors (Lipinski definition) is 4. The molecule has 0 aliphatic heterocycles. The molecule has 0 saturated carbocycles. The first kappa shape index (κ1) is 22.1. The number of aromatic nitrogens is 2. The molecule has 0 aliphatic rings. The highest BCUT2D eigenvalue weighted by Crippen LogP contribution is 2.26. The van der Waals surface area contributed by atoms with Gasteiger partial charge in [-0.2, -0.15) is 0 Å². The number of methoxy groups -OCH3 is 1. The highest BCUT2D eigenvalue weighted by molar-refractivity contribution is 5.94. The van der Waals surface area contributed by atoms with Crippen LogP contribution in [0.1, 0.15) is 20.8 Å². The first-order valence-corrected chi connectivity index (χ1v) is 10.3. The van der Waals surface area contributed by atoms with Gasteiger partial charge in [0.1, 0.15) is 5.75 Å². The zero-order valence-corrected chi connectivity index (χ0v) is 18.3. The van der Waals surface area contributed by atoms with E-state index in [0.29, 0.717) is 18.2 Å². The third kappa shape index (κ3) is 5.31. The molecular formula is C24H28N4O3. The van der Waals surface area contributed by atoms with Crippen LogP contribution in [0.3, 0.4) is 0 Å². The van der Waals surface area contributed by atoms with Crippen molar-refractivity contribution in [2.45, 2.75) is 20.8 Å². The number of carbonyl (C=O) groups excluding carboxylic acids is 2. The van der Waals surface area contributed by atoms with Gasteiger partial charge in [0.25, 0.3) is 0 Å². The van der Waals surface area contributed by atoms with Gasteiger partial charge < -0.3 is 9.64 Å². The lowest BCUT2D eigenvalue weighted by Crippen LogP contribution is -2.40. The minimum Gasteiger partial charge on any atom is -0.497 e.